The van der Waals surface area contributed by atoms with Crippen LogP contribution in [0.15, 0.2) is 58.7 Å². The maximum Gasteiger partial charge on any atom is 0.234 e. The van der Waals surface area contributed by atoms with Crippen molar-refractivity contribution < 1.29 is 9.53 Å². The molecule has 1 aromatic heterocycles. The number of aryl methyl sites for hydroxylation is 3. The lowest BCUT2D eigenvalue weighted by molar-refractivity contribution is -0.113. The summed E-state index contributed by atoms with van der Waals surface area (Å²) in [7, 11) is 0. The molecule has 0 aliphatic heterocycles. The zero-order chi connectivity index (χ0) is 22.4. The molecule has 3 rings (SSSR count). The van der Waals surface area contributed by atoms with Gasteiger partial charge in [-0.3, -0.25) is 9.36 Å². The number of carbonyl (C=O) groups is 1. The first-order valence-electron chi connectivity index (χ1n) is 9.79. The van der Waals surface area contributed by atoms with Gasteiger partial charge in [0.1, 0.15) is 12.4 Å². The molecule has 0 atom stereocenters. The molecule has 3 aromatic rings. The van der Waals surface area contributed by atoms with Gasteiger partial charge in [-0.25, -0.2) is 0 Å². The predicted molar refractivity (Wildman–Crippen MR) is 129 cm³/mol. The minimum Gasteiger partial charge on any atom is -0.486 e. The second kappa shape index (κ2) is 10.6. The van der Waals surface area contributed by atoms with Crippen LogP contribution in [0.5, 0.6) is 5.75 Å². The van der Waals surface area contributed by atoms with Gasteiger partial charge in [0, 0.05) is 16.7 Å². The van der Waals surface area contributed by atoms with Gasteiger partial charge in [-0.05, 0) is 61.7 Å². The number of halogens is 1. The Bertz CT molecular complexity index is 1070. The summed E-state index contributed by atoms with van der Waals surface area (Å²) >= 11 is 4.82. The maximum absolute atomic E-state index is 12.5. The molecule has 162 valence electrons. The second-order valence-corrected chi connectivity index (χ2v) is 9.01. The summed E-state index contributed by atoms with van der Waals surface area (Å²) in [5.41, 5.74) is 3.99. The maximum atomic E-state index is 12.5. The normalized spacial score (nSPS) is 10.7. The number of amides is 1. The van der Waals surface area contributed by atoms with Gasteiger partial charge in [0.15, 0.2) is 11.0 Å². The number of aromatic nitrogens is 3. The molecule has 2 aromatic carbocycles. The zero-order valence-electron chi connectivity index (χ0n) is 17.8. The fourth-order valence-electron chi connectivity index (χ4n) is 3.11. The lowest BCUT2D eigenvalue weighted by Crippen LogP contribution is -2.16. The monoisotopic (exact) mass is 500 g/mol. The van der Waals surface area contributed by atoms with Crippen LogP contribution >= 0.6 is 27.7 Å². The lowest BCUT2D eigenvalue weighted by atomic mass is 10.1. The highest BCUT2D eigenvalue weighted by molar-refractivity contribution is 9.10. The number of rotatable bonds is 9. The van der Waals surface area contributed by atoms with Crippen LogP contribution in [0.3, 0.4) is 0 Å². The van der Waals surface area contributed by atoms with E-state index in [1.165, 1.54) is 11.8 Å². The van der Waals surface area contributed by atoms with E-state index in [2.05, 4.69) is 38.0 Å². The van der Waals surface area contributed by atoms with Crippen molar-refractivity contribution in [3.63, 3.8) is 0 Å². The van der Waals surface area contributed by atoms with Crippen molar-refractivity contribution in [2.24, 2.45) is 0 Å². The number of thioether (sulfide) groups is 1. The molecule has 8 heteroatoms. The van der Waals surface area contributed by atoms with Crippen LogP contribution in [0.1, 0.15) is 22.5 Å². The standard InChI is InChI=1S/C23H25BrN4O2S/c1-5-9-28-20(13-30-19-8-6-7-15(2)10-19)26-27-23(28)31-14-21(29)25-22-16(3)11-18(24)12-17(22)4/h5-8,10-12H,1,9,13-14H2,2-4H3,(H,25,29). The van der Waals surface area contributed by atoms with Crippen LogP contribution in [-0.2, 0) is 17.9 Å². The van der Waals surface area contributed by atoms with Crippen molar-refractivity contribution in [2.75, 3.05) is 11.1 Å². The number of nitrogens with one attached hydrogen (secondary N) is 1. The zero-order valence-corrected chi connectivity index (χ0v) is 20.2. The average molecular weight is 501 g/mol. The molecule has 31 heavy (non-hydrogen) atoms. The Morgan fingerprint density at radius 2 is 1.97 bits per heavy atom. The van der Waals surface area contributed by atoms with E-state index < -0.39 is 0 Å². The minimum absolute atomic E-state index is 0.0933. The number of carbonyl (C=O) groups excluding carboxylic acids is 1. The van der Waals surface area contributed by atoms with Crippen LogP contribution in [0.25, 0.3) is 0 Å². The Kier molecular flexibility index (Phi) is 7.92. The second-order valence-electron chi connectivity index (χ2n) is 7.15. The van der Waals surface area contributed by atoms with Gasteiger partial charge in [-0.15, -0.1) is 16.8 Å². The fraction of sp³-hybridized carbons (Fsp3) is 0.261. The molecule has 0 aliphatic rings. The molecular formula is C23H25BrN4O2S. The average Bonchev–Trinajstić information content (AvgIpc) is 3.09. The van der Waals surface area contributed by atoms with Gasteiger partial charge in [0.2, 0.25) is 5.91 Å². The van der Waals surface area contributed by atoms with Crippen molar-refractivity contribution in [3.05, 3.63) is 76.0 Å². The van der Waals surface area contributed by atoms with Gasteiger partial charge in [0.25, 0.3) is 0 Å². The number of benzene rings is 2. The number of ether oxygens (including phenoxy) is 1. The van der Waals surface area contributed by atoms with Crippen molar-refractivity contribution >= 4 is 39.3 Å². The largest absolute Gasteiger partial charge is 0.486 e. The molecule has 1 amide bonds. The van der Waals surface area contributed by atoms with Crippen molar-refractivity contribution in [1.82, 2.24) is 14.8 Å². The number of anilines is 1. The molecule has 1 N–H and O–H groups in total. The van der Waals surface area contributed by atoms with Gasteiger partial charge in [-0.1, -0.05) is 45.9 Å². The first kappa shape index (κ1) is 23.1. The molecule has 0 spiro atoms. The molecule has 0 unspecified atom stereocenters. The van der Waals surface area contributed by atoms with E-state index in [4.69, 9.17) is 4.74 Å². The Morgan fingerprint density at radius 1 is 1.23 bits per heavy atom. The summed E-state index contributed by atoms with van der Waals surface area (Å²) in [5, 5.41) is 12.2. The minimum atomic E-state index is -0.0933. The molecule has 0 fully saturated rings. The van der Waals surface area contributed by atoms with Crippen LogP contribution in [-0.4, -0.2) is 26.4 Å². The Balaban J connectivity index is 1.64. The van der Waals surface area contributed by atoms with Crippen LogP contribution in [0, 0.1) is 20.8 Å². The first-order valence-corrected chi connectivity index (χ1v) is 11.6. The van der Waals surface area contributed by atoms with E-state index in [1.54, 1.807) is 6.08 Å². The molecule has 0 bridgehead atoms. The molecule has 6 nitrogen and oxygen atoms in total. The highest BCUT2D eigenvalue weighted by Gasteiger charge is 2.15. The SMILES string of the molecule is C=CCn1c(COc2cccc(C)c2)nnc1SCC(=O)Nc1c(C)cc(Br)cc1C. The molecule has 0 radical (unpaired) electrons. The molecule has 0 saturated heterocycles. The number of hydrogen-bond acceptors (Lipinski definition) is 5. The quantitative estimate of drug-likeness (QED) is 0.312. The van der Waals surface area contributed by atoms with Gasteiger partial charge in [-0.2, -0.15) is 0 Å². The molecule has 1 heterocycles. The van der Waals surface area contributed by atoms with E-state index in [1.807, 2.05) is 61.7 Å². The summed E-state index contributed by atoms with van der Waals surface area (Å²) in [6.45, 7) is 10.6. The summed E-state index contributed by atoms with van der Waals surface area (Å²) in [4.78, 5) is 12.5. The van der Waals surface area contributed by atoms with E-state index in [0.717, 1.165) is 32.6 Å². The Morgan fingerprint density at radius 3 is 2.65 bits per heavy atom. The van der Waals surface area contributed by atoms with E-state index in [9.17, 15) is 4.79 Å². The van der Waals surface area contributed by atoms with Gasteiger partial charge >= 0.3 is 0 Å². The van der Waals surface area contributed by atoms with Crippen molar-refractivity contribution in [2.45, 2.75) is 39.1 Å². The Hall–Kier alpha value is -2.58. The molecule has 0 aliphatic carbocycles. The van der Waals surface area contributed by atoms with Crippen LogP contribution in [0.4, 0.5) is 5.69 Å². The predicted octanol–water partition coefficient (Wildman–Crippen LogP) is 5.46. The fourth-order valence-corrected chi connectivity index (χ4v) is 4.56. The summed E-state index contributed by atoms with van der Waals surface area (Å²) in [6.07, 6.45) is 1.78. The topological polar surface area (TPSA) is 69.0 Å². The summed E-state index contributed by atoms with van der Waals surface area (Å²) in [5.74, 6) is 1.60. The summed E-state index contributed by atoms with van der Waals surface area (Å²) in [6, 6.07) is 11.8. The highest BCUT2D eigenvalue weighted by atomic mass is 79.9. The van der Waals surface area contributed by atoms with Crippen LogP contribution < -0.4 is 10.1 Å². The van der Waals surface area contributed by atoms with Gasteiger partial charge in [0.05, 0.1) is 5.75 Å². The Labute approximate surface area is 195 Å². The number of nitrogens with zero attached hydrogens (tertiary/aromatic N) is 3. The van der Waals surface area contributed by atoms with Gasteiger partial charge < -0.3 is 10.1 Å². The molecule has 0 saturated carbocycles. The van der Waals surface area contributed by atoms with E-state index >= 15 is 0 Å². The van der Waals surface area contributed by atoms with E-state index in [0.29, 0.717) is 17.5 Å². The smallest absolute Gasteiger partial charge is 0.234 e. The first-order chi connectivity index (χ1) is 14.9. The summed E-state index contributed by atoms with van der Waals surface area (Å²) < 4.78 is 8.77. The number of allylic oxidation sites excluding steroid dienone is 1. The van der Waals surface area contributed by atoms with Crippen molar-refractivity contribution in [3.8, 4) is 5.75 Å². The lowest BCUT2D eigenvalue weighted by Gasteiger charge is -2.12. The molecular weight excluding hydrogens is 476 g/mol. The third-order valence-electron chi connectivity index (χ3n) is 4.56. The highest BCUT2D eigenvalue weighted by Crippen LogP contribution is 2.26. The number of hydrogen-bond donors (Lipinski definition) is 1. The van der Waals surface area contributed by atoms with Crippen LogP contribution in [0.2, 0.25) is 0 Å². The van der Waals surface area contributed by atoms with Crippen molar-refractivity contribution in [1.29, 1.82) is 0 Å². The third-order valence-corrected chi connectivity index (χ3v) is 5.98. The van der Waals surface area contributed by atoms with E-state index in [-0.39, 0.29) is 18.3 Å². The third kappa shape index (κ3) is 6.21.